The third-order valence-electron chi connectivity index (χ3n) is 7.39. The number of aryl methyl sites for hydroxylation is 1. The maximum Gasteiger partial charge on any atom is 0.222 e. The average molecular weight is 370 g/mol. The smallest absolute Gasteiger partial charge is 0.222 e. The number of likely N-dealkylation sites (tertiary alicyclic amines) is 1. The maximum absolute atomic E-state index is 12.4. The number of carbonyl (C=O) groups is 1. The summed E-state index contributed by atoms with van der Waals surface area (Å²) in [7, 11) is 0. The van der Waals surface area contributed by atoms with Crippen LogP contribution in [0.5, 0.6) is 0 Å². The Bertz CT molecular complexity index is 621. The first-order valence-electron chi connectivity index (χ1n) is 11.2. The van der Waals surface area contributed by atoms with Crippen LogP contribution in [0.15, 0.2) is 30.3 Å². The van der Waals surface area contributed by atoms with Gasteiger partial charge in [-0.1, -0.05) is 49.6 Å². The Morgan fingerprint density at radius 1 is 1.15 bits per heavy atom. The summed E-state index contributed by atoms with van der Waals surface area (Å²) in [5.74, 6) is 1.18. The van der Waals surface area contributed by atoms with E-state index in [1.54, 1.807) is 0 Å². The molecule has 3 heteroatoms. The molecule has 0 spiro atoms. The molecule has 2 saturated carbocycles. The monoisotopic (exact) mass is 369 g/mol. The third-order valence-corrected chi connectivity index (χ3v) is 7.39. The van der Waals surface area contributed by atoms with Gasteiger partial charge in [-0.05, 0) is 68.3 Å². The molecule has 2 atom stereocenters. The van der Waals surface area contributed by atoms with Gasteiger partial charge < -0.3 is 10.0 Å². The van der Waals surface area contributed by atoms with Gasteiger partial charge in [0.15, 0.2) is 0 Å². The SMILES string of the molecule is O=C1CCC(CCCc2ccccc2)N1CC[C@H](O)C1(CC2CC2)CCC1. The lowest BCUT2D eigenvalue weighted by atomic mass is 9.61. The van der Waals surface area contributed by atoms with Crippen molar-refractivity contribution in [2.45, 2.75) is 89.2 Å². The second-order valence-corrected chi connectivity index (χ2v) is 9.33. The summed E-state index contributed by atoms with van der Waals surface area (Å²) in [5.41, 5.74) is 1.57. The summed E-state index contributed by atoms with van der Waals surface area (Å²) < 4.78 is 0. The molecular formula is C24H35NO2. The maximum atomic E-state index is 12.4. The van der Waals surface area contributed by atoms with E-state index in [1.165, 1.54) is 44.1 Å². The minimum absolute atomic E-state index is 0.187. The Kier molecular flexibility index (Phi) is 5.87. The molecule has 3 nitrogen and oxygen atoms in total. The fourth-order valence-corrected chi connectivity index (χ4v) is 5.36. The van der Waals surface area contributed by atoms with Crippen molar-refractivity contribution >= 4 is 5.91 Å². The van der Waals surface area contributed by atoms with Gasteiger partial charge in [-0.2, -0.15) is 0 Å². The zero-order valence-corrected chi connectivity index (χ0v) is 16.6. The van der Waals surface area contributed by atoms with Crippen molar-refractivity contribution in [1.29, 1.82) is 0 Å². The molecule has 1 aromatic carbocycles. The van der Waals surface area contributed by atoms with Crippen LogP contribution >= 0.6 is 0 Å². The first-order valence-corrected chi connectivity index (χ1v) is 11.2. The molecule has 1 N–H and O–H groups in total. The van der Waals surface area contributed by atoms with Crippen LogP contribution in [0.25, 0.3) is 0 Å². The van der Waals surface area contributed by atoms with E-state index >= 15 is 0 Å². The largest absolute Gasteiger partial charge is 0.392 e. The highest BCUT2D eigenvalue weighted by atomic mass is 16.3. The van der Waals surface area contributed by atoms with Crippen molar-refractivity contribution in [2.75, 3.05) is 6.54 Å². The molecule has 1 unspecified atom stereocenters. The Morgan fingerprint density at radius 2 is 1.93 bits per heavy atom. The van der Waals surface area contributed by atoms with Crippen LogP contribution in [0.4, 0.5) is 0 Å². The molecule has 1 aliphatic heterocycles. The quantitative estimate of drug-likeness (QED) is 0.648. The molecule has 4 rings (SSSR count). The Labute approximate surface area is 164 Å². The van der Waals surface area contributed by atoms with Crippen LogP contribution in [0.2, 0.25) is 0 Å². The normalized spacial score (nSPS) is 25.4. The molecule has 1 amide bonds. The Hall–Kier alpha value is -1.35. The van der Waals surface area contributed by atoms with E-state index in [4.69, 9.17) is 0 Å². The van der Waals surface area contributed by atoms with Crippen LogP contribution in [0, 0.1) is 11.3 Å². The number of aliphatic hydroxyl groups is 1. The predicted octanol–water partition coefficient (Wildman–Crippen LogP) is 4.72. The van der Waals surface area contributed by atoms with Crippen molar-refractivity contribution in [1.82, 2.24) is 4.90 Å². The van der Waals surface area contributed by atoms with E-state index in [2.05, 4.69) is 35.2 Å². The van der Waals surface area contributed by atoms with Gasteiger partial charge in [0.1, 0.15) is 0 Å². The number of carbonyl (C=O) groups excluding carboxylic acids is 1. The van der Waals surface area contributed by atoms with Crippen LogP contribution in [0.3, 0.4) is 0 Å². The van der Waals surface area contributed by atoms with Gasteiger partial charge >= 0.3 is 0 Å². The van der Waals surface area contributed by atoms with Crippen molar-refractivity contribution in [3.63, 3.8) is 0 Å². The number of rotatable bonds is 10. The van der Waals surface area contributed by atoms with Gasteiger partial charge in [0.05, 0.1) is 6.10 Å². The second kappa shape index (κ2) is 8.34. The Balaban J connectivity index is 1.25. The van der Waals surface area contributed by atoms with Crippen LogP contribution in [-0.2, 0) is 11.2 Å². The van der Waals surface area contributed by atoms with Crippen LogP contribution < -0.4 is 0 Å². The summed E-state index contributed by atoms with van der Waals surface area (Å²) in [6.07, 6.45) is 13.2. The summed E-state index contributed by atoms with van der Waals surface area (Å²) in [4.78, 5) is 14.5. The van der Waals surface area contributed by atoms with Crippen LogP contribution in [0.1, 0.15) is 76.2 Å². The molecule has 1 heterocycles. The van der Waals surface area contributed by atoms with E-state index in [1.807, 2.05) is 0 Å². The molecular weight excluding hydrogens is 334 g/mol. The molecule has 0 bridgehead atoms. The van der Waals surface area contributed by atoms with E-state index in [9.17, 15) is 9.90 Å². The zero-order chi connectivity index (χ0) is 18.7. The lowest BCUT2D eigenvalue weighted by molar-refractivity contribution is -0.130. The minimum Gasteiger partial charge on any atom is -0.392 e. The van der Waals surface area contributed by atoms with E-state index in [-0.39, 0.29) is 11.5 Å². The van der Waals surface area contributed by atoms with Gasteiger partial charge in [-0.15, -0.1) is 0 Å². The van der Waals surface area contributed by atoms with Gasteiger partial charge in [-0.3, -0.25) is 4.79 Å². The zero-order valence-electron chi connectivity index (χ0n) is 16.6. The highest BCUT2D eigenvalue weighted by Crippen LogP contribution is 2.53. The summed E-state index contributed by atoms with van der Waals surface area (Å²) in [6.45, 7) is 0.752. The molecule has 2 aliphatic carbocycles. The molecule has 0 radical (unpaired) electrons. The third kappa shape index (κ3) is 4.56. The van der Waals surface area contributed by atoms with E-state index < -0.39 is 0 Å². The van der Waals surface area contributed by atoms with Crippen molar-refractivity contribution in [3.8, 4) is 0 Å². The second-order valence-electron chi connectivity index (χ2n) is 9.33. The number of hydrogen-bond donors (Lipinski definition) is 1. The van der Waals surface area contributed by atoms with Gasteiger partial charge in [0.2, 0.25) is 5.91 Å². The lowest BCUT2D eigenvalue weighted by Crippen LogP contribution is -2.44. The van der Waals surface area contributed by atoms with Crippen molar-refractivity contribution < 1.29 is 9.90 Å². The van der Waals surface area contributed by atoms with Gasteiger partial charge in [-0.25, -0.2) is 0 Å². The highest BCUT2D eigenvalue weighted by Gasteiger charge is 2.46. The number of benzene rings is 1. The first kappa shape index (κ1) is 19.0. The molecule has 1 saturated heterocycles. The van der Waals surface area contributed by atoms with Gasteiger partial charge in [0.25, 0.3) is 0 Å². The van der Waals surface area contributed by atoms with Crippen LogP contribution in [-0.4, -0.2) is 34.6 Å². The lowest BCUT2D eigenvalue weighted by Gasteiger charge is -2.46. The Morgan fingerprint density at radius 3 is 2.59 bits per heavy atom. The van der Waals surface area contributed by atoms with Crippen molar-refractivity contribution in [2.24, 2.45) is 11.3 Å². The fourth-order valence-electron chi connectivity index (χ4n) is 5.36. The van der Waals surface area contributed by atoms with E-state index in [0.29, 0.717) is 18.4 Å². The molecule has 3 aliphatic rings. The summed E-state index contributed by atoms with van der Waals surface area (Å²) in [6, 6.07) is 11.0. The molecule has 1 aromatic rings. The summed E-state index contributed by atoms with van der Waals surface area (Å²) >= 11 is 0. The summed E-state index contributed by atoms with van der Waals surface area (Å²) in [5, 5.41) is 10.9. The molecule has 27 heavy (non-hydrogen) atoms. The average Bonchev–Trinajstić information content (AvgIpc) is 3.40. The van der Waals surface area contributed by atoms with Gasteiger partial charge in [0, 0.05) is 19.0 Å². The standard InChI is InChI=1S/C24H35NO2/c26-22(24(15-5-16-24)18-20-10-11-20)14-17-25-21(12-13-23(25)27)9-4-8-19-6-2-1-3-7-19/h1-3,6-7,20-22,26H,4-5,8-18H2/t21?,22-/m0/s1. The fraction of sp³-hybridized carbons (Fsp3) is 0.708. The molecule has 0 aromatic heterocycles. The number of nitrogens with zero attached hydrogens (tertiary/aromatic N) is 1. The molecule has 3 fully saturated rings. The van der Waals surface area contributed by atoms with Crippen molar-refractivity contribution in [3.05, 3.63) is 35.9 Å². The highest BCUT2D eigenvalue weighted by molar-refractivity contribution is 5.78. The number of amides is 1. The number of aliphatic hydroxyl groups excluding tert-OH is 1. The number of hydrogen-bond acceptors (Lipinski definition) is 2. The first-order chi connectivity index (χ1) is 13.2. The predicted molar refractivity (Wildman–Crippen MR) is 108 cm³/mol. The minimum atomic E-state index is -0.217. The topological polar surface area (TPSA) is 40.5 Å². The van der Waals surface area contributed by atoms with E-state index in [0.717, 1.165) is 44.6 Å². The molecule has 148 valence electrons.